The summed E-state index contributed by atoms with van der Waals surface area (Å²) in [5, 5.41) is 7.66. The number of fused-ring (bicyclic) bond motifs is 1. The molecule has 0 spiro atoms. The Morgan fingerprint density at radius 1 is 1.00 bits per heavy atom. The van der Waals surface area contributed by atoms with Crippen molar-refractivity contribution in [3.63, 3.8) is 0 Å². The summed E-state index contributed by atoms with van der Waals surface area (Å²) in [7, 11) is 1.48. The summed E-state index contributed by atoms with van der Waals surface area (Å²) in [6, 6.07) is 18.3. The molecule has 3 aromatic heterocycles. The summed E-state index contributed by atoms with van der Waals surface area (Å²) >= 11 is 0. The van der Waals surface area contributed by atoms with E-state index in [0.29, 0.717) is 46.1 Å². The zero-order valence-electron chi connectivity index (χ0n) is 22.5. The summed E-state index contributed by atoms with van der Waals surface area (Å²) in [5.74, 6) is -0.170. The molecule has 11 heteroatoms. The SMILES string of the molecule is COc1cnc(-c2nc(-c3ccccc3)n[nH]2)c2[nH]cc(C(=O)C(=O)N3CCN(C(=O)c4ccccc4)C(C)C3)c12. The number of nitrogens with zero attached hydrogens (tertiary/aromatic N) is 5. The summed E-state index contributed by atoms with van der Waals surface area (Å²) in [6.45, 7) is 2.70. The summed E-state index contributed by atoms with van der Waals surface area (Å²) < 4.78 is 5.52. The van der Waals surface area contributed by atoms with Crippen molar-refractivity contribution in [1.82, 2.24) is 34.9 Å². The number of carbonyl (C=O) groups excluding carboxylic acids is 3. The number of pyridine rings is 1. The first-order valence-electron chi connectivity index (χ1n) is 13.2. The van der Waals surface area contributed by atoms with Gasteiger partial charge in [-0.3, -0.25) is 19.5 Å². The second-order valence-corrected chi connectivity index (χ2v) is 9.80. The van der Waals surface area contributed by atoms with E-state index in [4.69, 9.17) is 4.74 Å². The number of nitrogens with one attached hydrogen (secondary N) is 2. The van der Waals surface area contributed by atoms with Gasteiger partial charge in [-0.1, -0.05) is 48.5 Å². The van der Waals surface area contributed by atoms with Gasteiger partial charge in [0.2, 0.25) is 0 Å². The Hall–Kier alpha value is -5.32. The standard InChI is InChI=1S/C30H27N7O4/c1-18-17-36(13-14-37(18)29(39)20-11-7-4-8-12-20)30(40)26(38)21-15-31-24-23(21)22(41-2)16-32-25(24)28-33-27(34-35-28)19-9-5-3-6-10-19/h3-12,15-16,18,31H,13-14,17H2,1-2H3,(H,33,34,35). The minimum absolute atomic E-state index is 0.0965. The Morgan fingerprint density at radius 2 is 1.73 bits per heavy atom. The monoisotopic (exact) mass is 549 g/mol. The second kappa shape index (κ2) is 10.7. The van der Waals surface area contributed by atoms with Crippen LogP contribution in [0.5, 0.6) is 5.75 Å². The van der Waals surface area contributed by atoms with Gasteiger partial charge in [-0.2, -0.15) is 5.10 Å². The molecule has 41 heavy (non-hydrogen) atoms. The molecule has 1 atom stereocenters. The molecule has 1 aliphatic rings. The van der Waals surface area contributed by atoms with Crippen molar-refractivity contribution in [3.05, 3.63) is 84.2 Å². The van der Waals surface area contributed by atoms with Crippen molar-refractivity contribution in [2.75, 3.05) is 26.7 Å². The number of methoxy groups -OCH3 is 1. The van der Waals surface area contributed by atoms with Gasteiger partial charge >= 0.3 is 0 Å². The topological polar surface area (TPSA) is 137 Å². The van der Waals surface area contributed by atoms with Crippen molar-refractivity contribution in [2.24, 2.45) is 0 Å². The molecule has 11 nitrogen and oxygen atoms in total. The summed E-state index contributed by atoms with van der Waals surface area (Å²) in [5.41, 5.74) is 2.52. The zero-order chi connectivity index (χ0) is 28.5. The van der Waals surface area contributed by atoms with Gasteiger partial charge in [-0.15, -0.1) is 0 Å². The van der Waals surface area contributed by atoms with Gasteiger partial charge in [-0.25, -0.2) is 9.97 Å². The van der Waals surface area contributed by atoms with Crippen LogP contribution in [0.1, 0.15) is 27.6 Å². The van der Waals surface area contributed by atoms with Gasteiger partial charge in [-0.05, 0) is 19.1 Å². The predicted molar refractivity (Wildman–Crippen MR) is 151 cm³/mol. The molecule has 4 heterocycles. The van der Waals surface area contributed by atoms with Gasteiger partial charge < -0.3 is 19.5 Å². The average molecular weight is 550 g/mol. The lowest BCUT2D eigenvalue weighted by Gasteiger charge is -2.39. The van der Waals surface area contributed by atoms with Crippen LogP contribution in [0.15, 0.2) is 73.1 Å². The van der Waals surface area contributed by atoms with Gasteiger partial charge in [0.25, 0.3) is 17.6 Å². The van der Waals surface area contributed by atoms with Gasteiger partial charge in [0.1, 0.15) is 11.4 Å². The Kier molecular flexibility index (Phi) is 6.76. The normalized spacial score (nSPS) is 15.2. The maximum atomic E-state index is 13.6. The Bertz CT molecular complexity index is 1750. The van der Waals surface area contributed by atoms with E-state index in [0.717, 1.165) is 5.56 Å². The number of Topliss-reactive ketones (excluding diaryl/α,β-unsaturated/α-hetero) is 1. The van der Waals surface area contributed by atoms with Crippen molar-refractivity contribution in [3.8, 4) is 28.7 Å². The molecule has 0 saturated carbocycles. The molecule has 5 aromatic rings. The highest BCUT2D eigenvalue weighted by Crippen LogP contribution is 2.34. The highest BCUT2D eigenvalue weighted by atomic mass is 16.5. The summed E-state index contributed by atoms with van der Waals surface area (Å²) in [6.07, 6.45) is 2.99. The van der Waals surface area contributed by atoms with Gasteiger partial charge in [0.05, 0.1) is 29.8 Å². The Balaban J connectivity index is 1.26. The van der Waals surface area contributed by atoms with Gasteiger partial charge in [0.15, 0.2) is 11.6 Å². The molecule has 1 saturated heterocycles. The fraction of sp³-hybridized carbons (Fsp3) is 0.200. The van der Waals surface area contributed by atoms with E-state index >= 15 is 0 Å². The Labute approximate surface area is 235 Å². The molecule has 206 valence electrons. The van der Waals surface area contributed by atoms with E-state index in [9.17, 15) is 14.4 Å². The third-order valence-corrected chi connectivity index (χ3v) is 7.27. The first-order valence-corrected chi connectivity index (χ1v) is 13.2. The van der Waals surface area contributed by atoms with Crippen molar-refractivity contribution >= 4 is 28.5 Å². The van der Waals surface area contributed by atoms with Gasteiger partial charge in [0, 0.05) is 43.0 Å². The molecule has 6 rings (SSSR count). The number of ketones is 1. The highest BCUT2D eigenvalue weighted by molar-refractivity contribution is 6.45. The second-order valence-electron chi connectivity index (χ2n) is 9.80. The number of aromatic nitrogens is 5. The molecular formula is C30H27N7O4. The number of aromatic amines is 2. The minimum atomic E-state index is -0.677. The van der Waals surface area contributed by atoms with Crippen LogP contribution < -0.4 is 4.74 Å². The number of H-pyrrole nitrogens is 2. The number of hydrogen-bond acceptors (Lipinski definition) is 7. The average Bonchev–Trinajstić information content (AvgIpc) is 3.69. The van der Waals surface area contributed by atoms with Crippen LogP contribution >= 0.6 is 0 Å². The van der Waals surface area contributed by atoms with Crippen molar-refractivity contribution in [2.45, 2.75) is 13.0 Å². The molecule has 2 amide bonds. The first kappa shape index (κ1) is 25.9. The van der Waals surface area contributed by atoms with Crippen LogP contribution in [0.2, 0.25) is 0 Å². The number of rotatable bonds is 6. The van der Waals surface area contributed by atoms with Crippen molar-refractivity contribution < 1.29 is 19.1 Å². The third-order valence-electron chi connectivity index (χ3n) is 7.27. The maximum Gasteiger partial charge on any atom is 0.295 e. The van der Waals surface area contributed by atoms with E-state index < -0.39 is 11.7 Å². The van der Waals surface area contributed by atoms with Crippen molar-refractivity contribution in [1.29, 1.82) is 0 Å². The lowest BCUT2D eigenvalue weighted by molar-refractivity contribution is -0.128. The number of hydrogen-bond donors (Lipinski definition) is 2. The van der Waals surface area contributed by atoms with Crippen LogP contribution in [0, 0.1) is 0 Å². The zero-order valence-corrected chi connectivity index (χ0v) is 22.5. The van der Waals surface area contributed by atoms with E-state index in [1.165, 1.54) is 24.4 Å². The largest absolute Gasteiger partial charge is 0.494 e. The smallest absolute Gasteiger partial charge is 0.295 e. The van der Waals surface area contributed by atoms with Crippen LogP contribution in [0.3, 0.4) is 0 Å². The summed E-state index contributed by atoms with van der Waals surface area (Å²) in [4.78, 5) is 55.4. The third kappa shape index (κ3) is 4.71. The fourth-order valence-electron chi connectivity index (χ4n) is 5.16. The number of amides is 2. The lowest BCUT2D eigenvalue weighted by Crippen LogP contribution is -2.56. The molecule has 0 bridgehead atoms. The molecule has 1 unspecified atom stereocenters. The van der Waals surface area contributed by atoms with Crippen LogP contribution in [-0.2, 0) is 4.79 Å². The molecule has 0 radical (unpaired) electrons. The number of ether oxygens (including phenoxy) is 1. The molecule has 1 aliphatic heterocycles. The van der Waals surface area contributed by atoms with Crippen LogP contribution in [0.25, 0.3) is 33.8 Å². The van der Waals surface area contributed by atoms with E-state index in [-0.39, 0.29) is 30.6 Å². The predicted octanol–water partition coefficient (Wildman–Crippen LogP) is 3.58. The molecule has 2 aromatic carbocycles. The van der Waals surface area contributed by atoms with Crippen LogP contribution in [0.4, 0.5) is 0 Å². The van der Waals surface area contributed by atoms with E-state index in [1.807, 2.05) is 55.5 Å². The molecule has 2 N–H and O–H groups in total. The minimum Gasteiger partial charge on any atom is -0.494 e. The molecule has 0 aliphatic carbocycles. The Morgan fingerprint density at radius 3 is 2.44 bits per heavy atom. The fourth-order valence-corrected chi connectivity index (χ4v) is 5.16. The lowest BCUT2D eigenvalue weighted by atomic mass is 10.1. The number of piperazine rings is 1. The highest BCUT2D eigenvalue weighted by Gasteiger charge is 2.34. The molecule has 1 fully saturated rings. The van der Waals surface area contributed by atoms with E-state index in [1.54, 1.807) is 17.0 Å². The maximum absolute atomic E-state index is 13.6. The number of carbonyl (C=O) groups is 3. The van der Waals surface area contributed by atoms with Crippen LogP contribution in [-0.4, -0.2) is 85.3 Å². The number of benzene rings is 2. The van der Waals surface area contributed by atoms with E-state index in [2.05, 4.69) is 25.1 Å². The molecular weight excluding hydrogens is 522 g/mol. The quantitative estimate of drug-likeness (QED) is 0.244. The first-order chi connectivity index (χ1) is 20.0.